The largest absolute Gasteiger partial charge is 0.342 e. The van der Waals surface area contributed by atoms with Crippen LogP contribution in [0.5, 0.6) is 0 Å². The van der Waals surface area contributed by atoms with E-state index >= 15 is 0 Å². The Kier molecular flexibility index (Phi) is 5.81. The van der Waals surface area contributed by atoms with Crippen LogP contribution in [-0.2, 0) is 11.2 Å². The fourth-order valence-electron chi connectivity index (χ4n) is 3.41. The minimum Gasteiger partial charge on any atom is -0.342 e. The second kappa shape index (κ2) is 8.25. The van der Waals surface area contributed by atoms with Crippen molar-refractivity contribution in [1.29, 1.82) is 0 Å². The highest BCUT2D eigenvalue weighted by Gasteiger charge is 2.24. The number of para-hydroxylation sites is 1. The Morgan fingerprint density at radius 3 is 2.64 bits per heavy atom. The summed E-state index contributed by atoms with van der Waals surface area (Å²) in [6.45, 7) is 4.75. The van der Waals surface area contributed by atoms with Crippen molar-refractivity contribution in [3.8, 4) is 5.69 Å². The van der Waals surface area contributed by atoms with Crippen LogP contribution in [0.2, 0.25) is 0 Å². The zero-order valence-electron chi connectivity index (χ0n) is 15.1. The molecule has 1 aliphatic rings. The first kappa shape index (κ1) is 17.6. The summed E-state index contributed by atoms with van der Waals surface area (Å²) in [7, 11) is 1.99. The molecule has 134 valence electrons. The third-order valence-electron chi connectivity index (χ3n) is 5.08. The average molecular weight is 341 g/mol. The molecule has 0 bridgehead atoms. The number of likely N-dealkylation sites (tertiary alicyclic amines) is 1. The molecule has 2 heterocycles. The maximum absolute atomic E-state index is 12.6. The lowest BCUT2D eigenvalue weighted by atomic mass is 9.93. The van der Waals surface area contributed by atoms with Crippen molar-refractivity contribution in [1.82, 2.24) is 25.2 Å². The molecule has 6 nitrogen and oxygen atoms in total. The summed E-state index contributed by atoms with van der Waals surface area (Å²) in [5, 5.41) is 11.7. The van der Waals surface area contributed by atoms with Crippen LogP contribution in [0, 0.1) is 12.8 Å². The summed E-state index contributed by atoms with van der Waals surface area (Å²) < 4.78 is 1.80. The monoisotopic (exact) mass is 341 g/mol. The van der Waals surface area contributed by atoms with E-state index in [1.807, 2.05) is 49.2 Å². The van der Waals surface area contributed by atoms with Gasteiger partial charge in [-0.1, -0.05) is 23.4 Å². The maximum Gasteiger partial charge on any atom is 0.228 e. The van der Waals surface area contributed by atoms with Crippen molar-refractivity contribution in [2.24, 2.45) is 5.92 Å². The smallest absolute Gasteiger partial charge is 0.228 e. The number of benzene rings is 1. The molecule has 0 aliphatic carbocycles. The van der Waals surface area contributed by atoms with Crippen LogP contribution in [0.25, 0.3) is 5.69 Å². The van der Waals surface area contributed by atoms with E-state index in [1.54, 1.807) is 4.68 Å². The first-order valence-electron chi connectivity index (χ1n) is 9.08. The molecule has 1 aromatic carbocycles. The number of hydrogen-bond donors (Lipinski definition) is 1. The number of piperidine rings is 1. The van der Waals surface area contributed by atoms with E-state index in [1.165, 1.54) is 6.42 Å². The van der Waals surface area contributed by atoms with Crippen molar-refractivity contribution in [2.75, 3.05) is 26.7 Å². The lowest BCUT2D eigenvalue weighted by Gasteiger charge is -2.32. The van der Waals surface area contributed by atoms with E-state index in [-0.39, 0.29) is 5.91 Å². The van der Waals surface area contributed by atoms with E-state index in [4.69, 9.17) is 0 Å². The van der Waals surface area contributed by atoms with E-state index < -0.39 is 0 Å². The summed E-state index contributed by atoms with van der Waals surface area (Å²) in [6.07, 6.45) is 3.73. The van der Waals surface area contributed by atoms with Crippen LogP contribution < -0.4 is 5.32 Å². The number of aromatic nitrogens is 3. The van der Waals surface area contributed by atoms with E-state index in [2.05, 4.69) is 15.6 Å². The molecule has 1 saturated heterocycles. The Labute approximate surface area is 149 Å². The normalized spacial score (nSPS) is 15.5. The van der Waals surface area contributed by atoms with Gasteiger partial charge in [-0.3, -0.25) is 4.79 Å². The lowest BCUT2D eigenvalue weighted by Crippen LogP contribution is -2.39. The molecule has 1 amide bonds. The van der Waals surface area contributed by atoms with E-state index in [0.717, 1.165) is 55.5 Å². The first-order valence-corrected chi connectivity index (χ1v) is 9.08. The van der Waals surface area contributed by atoms with E-state index in [0.29, 0.717) is 6.42 Å². The molecule has 0 atom stereocenters. The minimum atomic E-state index is 0.162. The molecule has 0 unspecified atom stereocenters. The van der Waals surface area contributed by atoms with Crippen LogP contribution >= 0.6 is 0 Å². The van der Waals surface area contributed by atoms with Crippen molar-refractivity contribution in [3.05, 3.63) is 41.7 Å². The zero-order chi connectivity index (χ0) is 17.6. The van der Waals surface area contributed by atoms with Gasteiger partial charge >= 0.3 is 0 Å². The number of hydrogen-bond acceptors (Lipinski definition) is 4. The van der Waals surface area contributed by atoms with Crippen LogP contribution in [0.15, 0.2) is 30.3 Å². The molecular formula is C19H27N5O. The number of nitrogens with zero attached hydrogens (tertiary/aromatic N) is 4. The summed E-state index contributed by atoms with van der Waals surface area (Å²) in [5.41, 5.74) is 2.67. The van der Waals surface area contributed by atoms with Gasteiger partial charge in [-0.2, -0.15) is 0 Å². The second-order valence-corrected chi connectivity index (χ2v) is 6.76. The Balaban J connectivity index is 1.58. The fourth-order valence-corrected chi connectivity index (χ4v) is 3.41. The van der Waals surface area contributed by atoms with Gasteiger partial charge in [0, 0.05) is 13.1 Å². The highest BCUT2D eigenvalue weighted by molar-refractivity contribution is 5.78. The Bertz CT molecular complexity index is 689. The molecule has 1 aliphatic heterocycles. The molecule has 0 radical (unpaired) electrons. The summed E-state index contributed by atoms with van der Waals surface area (Å²) in [5.74, 6) is 0.896. The van der Waals surface area contributed by atoms with Gasteiger partial charge in [0.15, 0.2) is 0 Å². The molecule has 1 aromatic heterocycles. The average Bonchev–Trinajstić information content (AvgIpc) is 3.01. The molecule has 0 spiro atoms. The quantitative estimate of drug-likeness (QED) is 0.872. The second-order valence-electron chi connectivity index (χ2n) is 6.76. The number of nitrogens with one attached hydrogen (secondary N) is 1. The molecule has 0 saturated carbocycles. The van der Waals surface area contributed by atoms with Crippen molar-refractivity contribution in [3.63, 3.8) is 0 Å². The van der Waals surface area contributed by atoms with E-state index in [9.17, 15) is 4.79 Å². The number of amides is 1. The third-order valence-corrected chi connectivity index (χ3v) is 5.08. The maximum atomic E-state index is 12.6. The predicted molar refractivity (Wildman–Crippen MR) is 97.6 cm³/mol. The zero-order valence-corrected chi connectivity index (χ0v) is 15.1. The fraction of sp³-hybridized carbons (Fsp3) is 0.526. The minimum absolute atomic E-state index is 0.162. The molecule has 2 aromatic rings. The van der Waals surface area contributed by atoms with Crippen molar-refractivity contribution < 1.29 is 4.79 Å². The molecule has 3 rings (SSSR count). The topological polar surface area (TPSA) is 63.1 Å². The highest BCUT2D eigenvalue weighted by Crippen LogP contribution is 2.21. The van der Waals surface area contributed by atoms with Gasteiger partial charge in [-0.25, -0.2) is 4.68 Å². The summed E-state index contributed by atoms with van der Waals surface area (Å²) >= 11 is 0. The number of carbonyl (C=O) groups is 1. The number of carbonyl (C=O) groups excluding carboxylic acids is 1. The Hall–Kier alpha value is -2.21. The first-order chi connectivity index (χ1) is 12.2. The third kappa shape index (κ3) is 4.25. The van der Waals surface area contributed by atoms with Gasteiger partial charge < -0.3 is 10.2 Å². The SMILES string of the molecule is CNCCC1CCN(C(=O)Cc2nnn(-c3ccccc3)c2C)CC1. The molecular weight excluding hydrogens is 314 g/mol. The molecule has 25 heavy (non-hydrogen) atoms. The Morgan fingerprint density at radius 2 is 1.96 bits per heavy atom. The van der Waals surface area contributed by atoms with Crippen LogP contribution in [0.3, 0.4) is 0 Å². The van der Waals surface area contributed by atoms with Gasteiger partial charge in [-0.05, 0) is 57.8 Å². The Morgan fingerprint density at radius 1 is 1.24 bits per heavy atom. The summed E-state index contributed by atoms with van der Waals surface area (Å²) in [4.78, 5) is 14.6. The van der Waals surface area contributed by atoms with Gasteiger partial charge in [0.2, 0.25) is 5.91 Å². The highest BCUT2D eigenvalue weighted by atomic mass is 16.2. The predicted octanol–water partition coefficient (Wildman–Crippen LogP) is 1.97. The summed E-state index contributed by atoms with van der Waals surface area (Å²) in [6, 6.07) is 9.89. The van der Waals surface area contributed by atoms with Gasteiger partial charge in [-0.15, -0.1) is 5.10 Å². The molecule has 1 fully saturated rings. The van der Waals surface area contributed by atoms with Crippen LogP contribution in [0.1, 0.15) is 30.7 Å². The van der Waals surface area contributed by atoms with Crippen LogP contribution in [0.4, 0.5) is 0 Å². The number of rotatable bonds is 6. The van der Waals surface area contributed by atoms with Gasteiger partial charge in [0.1, 0.15) is 0 Å². The van der Waals surface area contributed by atoms with Gasteiger partial charge in [0.25, 0.3) is 0 Å². The van der Waals surface area contributed by atoms with Gasteiger partial charge in [0.05, 0.1) is 23.5 Å². The molecule has 6 heteroatoms. The standard InChI is InChI=1S/C19H27N5O/c1-15-18(21-22-24(15)17-6-4-3-5-7-17)14-19(25)23-12-9-16(10-13-23)8-11-20-2/h3-7,16,20H,8-14H2,1-2H3. The van der Waals surface area contributed by atoms with Crippen LogP contribution in [-0.4, -0.2) is 52.5 Å². The van der Waals surface area contributed by atoms with Crippen molar-refractivity contribution in [2.45, 2.75) is 32.6 Å². The van der Waals surface area contributed by atoms with Crippen molar-refractivity contribution >= 4 is 5.91 Å². The molecule has 1 N–H and O–H groups in total. The lowest BCUT2D eigenvalue weighted by molar-refractivity contribution is -0.131.